The van der Waals surface area contributed by atoms with E-state index < -0.39 is 0 Å². The Hall–Kier alpha value is -1.91. The Balaban J connectivity index is 2.14. The number of thiazole rings is 1. The monoisotopic (exact) mass is 316 g/mol. The van der Waals surface area contributed by atoms with Gasteiger partial charge in [-0.25, -0.2) is 0 Å². The molecule has 0 unspecified atom stereocenters. The van der Waals surface area contributed by atoms with E-state index in [0.717, 1.165) is 15.8 Å². The van der Waals surface area contributed by atoms with Crippen LogP contribution in [-0.2, 0) is 7.05 Å². The van der Waals surface area contributed by atoms with E-state index >= 15 is 0 Å². The van der Waals surface area contributed by atoms with Crippen molar-refractivity contribution >= 4 is 39.1 Å². The number of para-hydroxylation sites is 1. The van der Waals surface area contributed by atoms with Crippen LogP contribution in [-0.4, -0.2) is 10.5 Å². The van der Waals surface area contributed by atoms with Gasteiger partial charge in [0.25, 0.3) is 5.91 Å². The maximum absolute atomic E-state index is 12.3. The highest BCUT2D eigenvalue weighted by Gasteiger charge is 2.09. The molecule has 2 aromatic carbocycles. The van der Waals surface area contributed by atoms with Gasteiger partial charge in [-0.15, -0.1) is 0 Å². The van der Waals surface area contributed by atoms with Crippen LogP contribution in [0.3, 0.4) is 0 Å². The maximum Gasteiger partial charge on any atom is 0.279 e. The van der Waals surface area contributed by atoms with Gasteiger partial charge >= 0.3 is 0 Å². The molecule has 0 saturated carbocycles. The lowest BCUT2D eigenvalue weighted by Crippen LogP contribution is -2.13. The smallest absolute Gasteiger partial charge is 0.279 e. The normalized spacial score (nSPS) is 12.0. The van der Waals surface area contributed by atoms with Crippen LogP contribution in [0.1, 0.15) is 15.9 Å². The standard InChI is InChI=1S/C16H13ClN2OS/c1-10-5-3-6-11(9-10)15(20)18-16-19(2)14-12(17)7-4-8-13(14)21-16/h3-9H,1-2H3. The molecule has 0 radical (unpaired) electrons. The molecule has 0 fully saturated rings. The zero-order chi connectivity index (χ0) is 15.0. The molecular weight excluding hydrogens is 304 g/mol. The lowest BCUT2D eigenvalue weighted by molar-refractivity contribution is 0.0998. The van der Waals surface area contributed by atoms with E-state index in [2.05, 4.69) is 4.99 Å². The highest BCUT2D eigenvalue weighted by Crippen LogP contribution is 2.24. The van der Waals surface area contributed by atoms with Crippen LogP contribution in [0.5, 0.6) is 0 Å². The third-order valence-electron chi connectivity index (χ3n) is 3.24. The van der Waals surface area contributed by atoms with Crippen LogP contribution >= 0.6 is 22.9 Å². The van der Waals surface area contributed by atoms with Crippen molar-refractivity contribution in [2.24, 2.45) is 12.0 Å². The number of aromatic nitrogens is 1. The van der Waals surface area contributed by atoms with E-state index in [-0.39, 0.29) is 5.91 Å². The van der Waals surface area contributed by atoms with Crippen molar-refractivity contribution in [3.05, 3.63) is 63.4 Å². The molecule has 21 heavy (non-hydrogen) atoms. The fraction of sp³-hybridized carbons (Fsp3) is 0.125. The number of hydrogen-bond acceptors (Lipinski definition) is 2. The molecule has 3 rings (SSSR count). The summed E-state index contributed by atoms with van der Waals surface area (Å²) in [6, 6.07) is 13.1. The lowest BCUT2D eigenvalue weighted by atomic mass is 10.1. The van der Waals surface area contributed by atoms with E-state index in [1.165, 1.54) is 11.3 Å². The second-order valence-corrected chi connectivity index (χ2v) is 6.23. The minimum Gasteiger partial charge on any atom is -0.318 e. The largest absolute Gasteiger partial charge is 0.318 e. The molecule has 0 bridgehead atoms. The van der Waals surface area contributed by atoms with E-state index in [4.69, 9.17) is 11.6 Å². The Labute approximate surface area is 131 Å². The second kappa shape index (κ2) is 5.47. The number of halogens is 1. The Bertz CT molecular complexity index is 908. The van der Waals surface area contributed by atoms with Crippen molar-refractivity contribution in [1.29, 1.82) is 0 Å². The van der Waals surface area contributed by atoms with Gasteiger partial charge in [0.1, 0.15) is 0 Å². The van der Waals surface area contributed by atoms with Gasteiger partial charge < -0.3 is 4.57 Å². The van der Waals surface area contributed by atoms with Crippen LogP contribution < -0.4 is 4.80 Å². The van der Waals surface area contributed by atoms with Crippen LogP contribution in [0.25, 0.3) is 10.2 Å². The molecule has 3 nitrogen and oxygen atoms in total. The number of rotatable bonds is 1. The average Bonchev–Trinajstić information content (AvgIpc) is 2.77. The molecule has 0 saturated heterocycles. The zero-order valence-electron chi connectivity index (χ0n) is 11.6. The molecule has 106 valence electrons. The van der Waals surface area contributed by atoms with Crippen molar-refractivity contribution in [3.8, 4) is 0 Å². The van der Waals surface area contributed by atoms with Gasteiger partial charge in [0.2, 0.25) is 0 Å². The van der Waals surface area contributed by atoms with E-state index in [9.17, 15) is 4.79 Å². The lowest BCUT2D eigenvalue weighted by Gasteiger charge is -1.98. The SMILES string of the molecule is Cc1cccc(C(=O)N=c2sc3cccc(Cl)c3n2C)c1. The maximum atomic E-state index is 12.3. The van der Waals surface area contributed by atoms with Crippen molar-refractivity contribution in [3.63, 3.8) is 0 Å². The number of amides is 1. The van der Waals surface area contributed by atoms with Crippen LogP contribution in [0, 0.1) is 6.92 Å². The Morgan fingerprint density at radius 2 is 2.00 bits per heavy atom. The van der Waals surface area contributed by atoms with Gasteiger partial charge in [-0.1, -0.05) is 46.7 Å². The molecule has 1 amide bonds. The molecule has 5 heteroatoms. The average molecular weight is 317 g/mol. The summed E-state index contributed by atoms with van der Waals surface area (Å²) in [6.45, 7) is 1.95. The summed E-state index contributed by atoms with van der Waals surface area (Å²) in [5.74, 6) is -0.239. The number of aryl methyl sites for hydroxylation is 2. The van der Waals surface area contributed by atoms with Gasteiger partial charge in [-0.05, 0) is 31.2 Å². The van der Waals surface area contributed by atoms with Crippen molar-refractivity contribution < 1.29 is 4.79 Å². The molecule has 0 aliphatic rings. The topological polar surface area (TPSA) is 34.4 Å². The first kappa shape index (κ1) is 14.0. The first-order valence-electron chi connectivity index (χ1n) is 6.46. The number of fused-ring (bicyclic) bond motifs is 1. The van der Waals surface area contributed by atoms with Gasteiger partial charge in [-0.3, -0.25) is 4.79 Å². The summed E-state index contributed by atoms with van der Waals surface area (Å²) in [7, 11) is 1.87. The third kappa shape index (κ3) is 2.64. The van der Waals surface area contributed by atoms with E-state index in [1.54, 1.807) is 6.07 Å². The van der Waals surface area contributed by atoms with Gasteiger partial charge in [0, 0.05) is 12.6 Å². The van der Waals surface area contributed by atoms with E-state index in [1.807, 2.05) is 54.9 Å². The minimum atomic E-state index is -0.239. The summed E-state index contributed by atoms with van der Waals surface area (Å²) >= 11 is 7.67. The summed E-state index contributed by atoms with van der Waals surface area (Å²) in [5.41, 5.74) is 2.54. The summed E-state index contributed by atoms with van der Waals surface area (Å²) < 4.78 is 2.87. The predicted octanol–water partition coefficient (Wildman–Crippen LogP) is 3.94. The Kier molecular flexibility index (Phi) is 3.66. The minimum absolute atomic E-state index is 0.239. The van der Waals surface area contributed by atoms with Crippen LogP contribution in [0.15, 0.2) is 47.5 Å². The number of nitrogens with zero attached hydrogens (tertiary/aromatic N) is 2. The van der Waals surface area contributed by atoms with Gasteiger partial charge in [-0.2, -0.15) is 4.99 Å². The summed E-state index contributed by atoms with van der Waals surface area (Å²) in [4.78, 5) is 17.1. The highest BCUT2D eigenvalue weighted by molar-refractivity contribution is 7.16. The molecule has 0 aliphatic heterocycles. The fourth-order valence-corrected chi connectivity index (χ4v) is 3.59. The Morgan fingerprint density at radius 3 is 2.71 bits per heavy atom. The first-order valence-corrected chi connectivity index (χ1v) is 7.65. The number of carbonyl (C=O) groups excluding carboxylic acids is 1. The first-order chi connectivity index (χ1) is 10.1. The number of benzene rings is 2. The molecule has 3 aromatic rings. The molecular formula is C16H13ClN2OS. The second-order valence-electron chi connectivity index (χ2n) is 4.82. The van der Waals surface area contributed by atoms with Crippen molar-refractivity contribution in [2.75, 3.05) is 0 Å². The molecule has 1 heterocycles. The molecule has 0 spiro atoms. The summed E-state index contributed by atoms with van der Waals surface area (Å²) in [5, 5.41) is 0.663. The van der Waals surface area contributed by atoms with E-state index in [0.29, 0.717) is 15.4 Å². The molecule has 0 atom stereocenters. The van der Waals surface area contributed by atoms with Crippen LogP contribution in [0.4, 0.5) is 0 Å². The molecule has 0 N–H and O–H groups in total. The molecule has 0 aliphatic carbocycles. The predicted molar refractivity (Wildman–Crippen MR) is 86.9 cm³/mol. The summed E-state index contributed by atoms with van der Waals surface area (Å²) in [6.07, 6.45) is 0. The van der Waals surface area contributed by atoms with Gasteiger partial charge in [0.05, 0.1) is 15.2 Å². The molecule has 1 aromatic heterocycles. The number of carbonyl (C=O) groups is 1. The van der Waals surface area contributed by atoms with Crippen LogP contribution in [0.2, 0.25) is 5.02 Å². The third-order valence-corrected chi connectivity index (χ3v) is 4.64. The highest BCUT2D eigenvalue weighted by atomic mass is 35.5. The Morgan fingerprint density at radius 1 is 1.24 bits per heavy atom. The van der Waals surface area contributed by atoms with Gasteiger partial charge in [0.15, 0.2) is 4.80 Å². The number of hydrogen-bond donors (Lipinski definition) is 0. The zero-order valence-corrected chi connectivity index (χ0v) is 13.2. The van der Waals surface area contributed by atoms with Crippen molar-refractivity contribution in [2.45, 2.75) is 6.92 Å². The fourth-order valence-electron chi connectivity index (χ4n) is 2.19. The quantitative estimate of drug-likeness (QED) is 0.669. The van der Waals surface area contributed by atoms with Crippen molar-refractivity contribution in [1.82, 2.24) is 4.57 Å².